The lowest BCUT2D eigenvalue weighted by atomic mass is 9.65. The number of para-hydroxylation sites is 2. The van der Waals surface area contributed by atoms with E-state index in [1.807, 2.05) is 109 Å². The fourth-order valence-corrected chi connectivity index (χ4v) is 9.14. The van der Waals surface area contributed by atoms with Gasteiger partial charge < -0.3 is 4.74 Å². The van der Waals surface area contributed by atoms with Crippen molar-refractivity contribution in [2.75, 3.05) is 0 Å². The zero-order chi connectivity index (χ0) is 41.0. The van der Waals surface area contributed by atoms with E-state index in [0.717, 1.165) is 95.5 Å². The van der Waals surface area contributed by atoms with E-state index < -0.39 is 5.41 Å². The predicted octanol–water partition coefficient (Wildman–Crippen LogP) is 12.5. The molecule has 10 aromatic rings. The first kappa shape index (κ1) is 35.5. The van der Waals surface area contributed by atoms with Gasteiger partial charge in [-0.1, -0.05) is 133 Å². The van der Waals surface area contributed by atoms with Gasteiger partial charge in [0.1, 0.15) is 11.5 Å². The minimum Gasteiger partial charge on any atom is -0.457 e. The maximum Gasteiger partial charge on any atom is 0.164 e. The minimum absolute atomic E-state index is 0.599. The average Bonchev–Trinajstić information content (AvgIpc) is 3.64. The van der Waals surface area contributed by atoms with Crippen molar-refractivity contribution in [3.8, 4) is 90.7 Å². The molecule has 5 heterocycles. The fraction of sp³-hybridized carbons (Fsp3) is 0.0182. The molecule has 0 atom stereocenters. The largest absolute Gasteiger partial charge is 0.457 e. The summed E-state index contributed by atoms with van der Waals surface area (Å²) in [5, 5.41) is 0. The van der Waals surface area contributed by atoms with Crippen LogP contribution in [0.2, 0.25) is 0 Å². The Hall–Kier alpha value is -8.42. The van der Waals surface area contributed by atoms with E-state index in [9.17, 15) is 0 Å². The molecule has 0 fully saturated rings. The molecule has 290 valence electrons. The Morgan fingerprint density at radius 3 is 1.27 bits per heavy atom. The Morgan fingerprint density at radius 2 is 0.758 bits per heavy atom. The third kappa shape index (κ3) is 5.74. The van der Waals surface area contributed by atoms with Gasteiger partial charge >= 0.3 is 0 Å². The molecule has 1 spiro atoms. The van der Waals surface area contributed by atoms with Gasteiger partial charge in [-0.2, -0.15) is 0 Å². The normalized spacial score (nSPS) is 12.8. The van der Waals surface area contributed by atoms with E-state index in [4.69, 9.17) is 24.7 Å². The number of nitrogens with zero attached hydrogens (tertiary/aromatic N) is 6. The molecule has 0 N–H and O–H groups in total. The summed E-state index contributed by atoms with van der Waals surface area (Å²) in [5.41, 5.74) is 13.9. The molecule has 2 aliphatic rings. The Morgan fingerprint density at radius 1 is 0.306 bits per heavy atom. The summed E-state index contributed by atoms with van der Waals surface area (Å²) in [6.07, 6.45) is 3.60. The van der Waals surface area contributed by atoms with Crippen LogP contribution in [0.15, 0.2) is 207 Å². The van der Waals surface area contributed by atoms with Crippen LogP contribution in [-0.4, -0.2) is 29.9 Å². The lowest BCUT2D eigenvalue weighted by Crippen LogP contribution is -2.32. The lowest BCUT2D eigenvalue weighted by Gasteiger charge is -2.39. The van der Waals surface area contributed by atoms with Crippen LogP contribution in [-0.2, 0) is 5.41 Å². The van der Waals surface area contributed by atoms with Gasteiger partial charge in [0, 0.05) is 40.2 Å². The van der Waals surface area contributed by atoms with Crippen LogP contribution in [0.3, 0.4) is 0 Å². The van der Waals surface area contributed by atoms with Gasteiger partial charge in [0.25, 0.3) is 0 Å². The van der Waals surface area contributed by atoms with E-state index in [0.29, 0.717) is 17.5 Å². The molecular formula is C55H34N6O. The average molecular weight is 795 g/mol. The molecule has 7 heteroatoms. The molecule has 1 aliphatic carbocycles. The Labute approximate surface area is 358 Å². The molecule has 0 amide bonds. The van der Waals surface area contributed by atoms with Gasteiger partial charge in [-0.3, -0.25) is 9.97 Å². The second-order valence-corrected chi connectivity index (χ2v) is 15.5. The van der Waals surface area contributed by atoms with Gasteiger partial charge in [0.15, 0.2) is 17.5 Å². The SMILES string of the molecule is c1ccc(-c2nc(-c3ccccc3)nc(-c3ccc4c(c3)C3(c5ccccc5Oc5ccccc53)c3cc(-c5cc(-c6ccccn6)nc(-c6ccccn6)c5)ccc3-4)n2)cc1. The molecule has 0 saturated carbocycles. The molecule has 6 aromatic carbocycles. The van der Waals surface area contributed by atoms with Gasteiger partial charge in [-0.05, 0) is 94.0 Å². The minimum atomic E-state index is -0.750. The first-order chi connectivity index (χ1) is 30.7. The Kier molecular flexibility index (Phi) is 8.25. The highest BCUT2D eigenvalue weighted by Crippen LogP contribution is 2.62. The number of rotatable bonds is 6. The van der Waals surface area contributed by atoms with Gasteiger partial charge in [-0.25, -0.2) is 19.9 Å². The summed E-state index contributed by atoms with van der Waals surface area (Å²) in [6, 6.07) is 66.6. The third-order valence-electron chi connectivity index (χ3n) is 11.9. The number of ether oxygens (including phenoxy) is 1. The lowest BCUT2D eigenvalue weighted by molar-refractivity contribution is 0.436. The van der Waals surface area contributed by atoms with Crippen molar-refractivity contribution in [1.29, 1.82) is 0 Å². The molecular weight excluding hydrogens is 761 g/mol. The molecule has 4 aromatic heterocycles. The molecule has 7 nitrogen and oxygen atoms in total. The second-order valence-electron chi connectivity index (χ2n) is 15.5. The standard InChI is InChI=1S/C55H34N6O/c1-3-15-35(16-4-1)52-59-53(36-17-5-2-6-18-36)61-54(60-52)38-26-28-41-40-27-25-37(39-33-48(46-21-11-13-29-56-46)58-49(34-39)47-22-12-14-30-57-47)31-44(40)55(45(41)32-38)42-19-7-9-23-50(42)62-51-24-10-8-20-43(51)55/h1-34H. The predicted molar refractivity (Wildman–Crippen MR) is 243 cm³/mol. The Bertz CT molecular complexity index is 2980. The van der Waals surface area contributed by atoms with Crippen molar-refractivity contribution in [2.24, 2.45) is 0 Å². The number of aromatic nitrogens is 6. The summed E-state index contributed by atoms with van der Waals surface area (Å²) in [7, 11) is 0. The van der Waals surface area contributed by atoms with Crippen molar-refractivity contribution in [3.05, 3.63) is 229 Å². The van der Waals surface area contributed by atoms with Gasteiger partial charge in [0.2, 0.25) is 0 Å². The number of hydrogen-bond acceptors (Lipinski definition) is 7. The first-order valence-electron chi connectivity index (χ1n) is 20.6. The monoisotopic (exact) mass is 794 g/mol. The Balaban J connectivity index is 1.11. The van der Waals surface area contributed by atoms with Crippen LogP contribution in [0.5, 0.6) is 11.5 Å². The topological polar surface area (TPSA) is 86.6 Å². The zero-order valence-corrected chi connectivity index (χ0v) is 33.2. The van der Waals surface area contributed by atoms with E-state index in [-0.39, 0.29) is 0 Å². The van der Waals surface area contributed by atoms with Crippen molar-refractivity contribution >= 4 is 0 Å². The molecule has 1 aliphatic heterocycles. The number of hydrogen-bond donors (Lipinski definition) is 0. The molecule has 0 bridgehead atoms. The summed E-state index contributed by atoms with van der Waals surface area (Å²) in [4.78, 5) is 29.7. The quantitative estimate of drug-likeness (QED) is 0.166. The first-order valence-corrected chi connectivity index (χ1v) is 20.6. The summed E-state index contributed by atoms with van der Waals surface area (Å²) >= 11 is 0. The number of fused-ring (bicyclic) bond motifs is 9. The van der Waals surface area contributed by atoms with Crippen LogP contribution in [0, 0.1) is 0 Å². The van der Waals surface area contributed by atoms with E-state index in [1.54, 1.807) is 12.4 Å². The maximum absolute atomic E-state index is 6.73. The summed E-state index contributed by atoms with van der Waals surface area (Å²) in [6.45, 7) is 0. The summed E-state index contributed by atoms with van der Waals surface area (Å²) < 4.78 is 6.73. The maximum atomic E-state index is 6.73. The van der Waals surface area contributed by atoms with Crippen LogP contribution in [0.4, 0.5) is 0 Å². The van der Waals surface area contributed by atoms with E-state index in [2.05, 4.69) is 94.9 Å². The highest BCUT2D eigenvalue weighted by atomic mass is 16.5. The number of benzene rings is 6. The van der Waals surface area contributed by atoms with Crippen LogP contribution >= 0.6 is 0 Å². The van der Waals surface area contributed by atoms with Crippen LogP contribution in [0.25, 0.3) is 79.2 Å². The smallest absolute Gasteiger partial charge is 0.164 e. The van der Waals surface area contributed by atoms with Crippen molar-refractivity contribution in [2.45, 2.75) is 5.41 Å². The molecule has 62 heavy (non-hydrogen) atoms. The van der Waals surface area contributed by atoms with E-state index in [1.165, 1.54) is 0 Å². The highest BCUT2D eigenvalue weighted by Gasteiger charge is 2.51. The van der Waals surface area contributed by atoms with Gasteiger partial charge in [-0.15, -0.1) is 0 Å². The van der Waals surface area contributed by atoms with Crippen molar-refractivity contribution < 1.29 is 4.74 Å². The highest BCUT2D eigenvalue weighted by molar-refractivity contribution is 5.92. The molecule has 0 radical (unpaired) electrons. The van der Waals surface area contributed by atoms with Crippen LogP contribution in [0.1, 0.15) is 22.3 Å². The van der Waals surface area contributed by atoms with Crippen molar-refractivity contribution in [3.63, 3.8) is 0 Å². The summed E-state index contributed by atoms with van der Waals surface area (Å²) in [5.74, 6) is 3.47. The molecule has 0 saturated heterocycles. The van der Waals surface area contributed by atoms with E-state index >= 15 is 0 Å². The second kappa shape index (κ2) is 14.4. The molecule has 12 rings (SSSR count). The van der Waals surface area contributed by atoms with Crippen LogP contribution < -0.4 is 4.74 Å². The third-order valence-corrected chi connectivity index (χ3v) is 11.9. The number of pyridine rings is 3. The molecule has 0 unspecified atom stereocenters. The zero-order valence-electron chi connectivity index (χ0n) is 33.2. The fourth-order valence-electron chi connectivity index (χ4n) is 9.14. The van der Waals surface area contributed by atoms with Crippen molar-refractivity contribution in [1.82, 2.24) is 29.9 Å². The van der Waals surface area contributed by atoms with Gasteiger partial charge in [0.05, 0.1) is 28.2 Å².